The molecule has 0 saturated heterocycles. The second kappa shape index (κ2) is 16.6. The molecule has 0 aromatic heterocycles. The Bertz CT molecular complexity index is 1470. The van der Waals surface area contributed by atoms with E-state index in [0.29, 0.717) is 36.2 Å². The van der Waals surface area contributed by atoms with Crippen LogP contribution in [0.1, 0.15) is 72.4 Å². The van der Waals surface area contributed by atoms with Crippen LogP contribution in [0, 0.1) is 11.8 Å². The number of anilines is 2. The third-order valence-electron chi connectivity index (χ3n) is 7.13. The Balaban J connectivity index is 1.27. The highest BCUT2D eigenvalue weighted by Gasteiger charge is 2.12. The van der Waals surface area contributed by atoms with Gasteiger partial charge in [0.2, 0.25) is 0 Å². The van der Waals surface area contributed by atoms with Crippen LogP contribution in [-0.2, 0) is 6.42 Å². The molecule has 45 heavy (non-hydrogen) atoms. The van der Waals surface area contributed by atoms with Crippen LogP contribution < -0.4 is 20.1 Å². The lowest BCUT2D eigenvalue weighted by atomic mass is 10.0. The van der Waals surface area contributed by atoms with Crippen LogP contribution in [0.25, 0.3) is 0 Å². The van der Waals surface area contributed by atoms with Gasteiger partial charge in [-0.15, -0.1) is 0 Å². The van der Waals surface area contributed by atoms with Gasteiger partial charge in [0.05, 0.1) is 22.2 Å². The predicted octanol–water partition coefficient (Wildman–Crippen LogP) is 10.2. The van der Waals surface area contributed by atoms with Crippen LogP contribution in [0.5, 0.6) is 11.5 Å². The van der Waals surface area contributed by atoms with Crippen molar-refractivity contribution in [2.45, 2.75) is 47.0 Å². The predicted molar refractivity (Wildman–Crippen MR) is 190 cm³/mol. The molecule has 0 heterocycles. The highest BCUT2D eigenvalue weighted by Crippen LogP contribution is 2.28. The van der Waals surface area contributed by atoms with Crippen molar-refractivity contribution < 1.29 is 19.1 Å². The van der Waals surface area contributed by atoms with Gasteiger partial charge in [0.25, 0.3) is 11.8 Å². The van der Waals surface area contributed by atoms with Gasteiger partial charge in [0.1, 0.15) is 11.5 Å². The first-order valence-corrected chi connectivity index (χ1v) is 16.8. The monoisotopic (exact) mass is 734 g/mol. The van der Waals surface area contributed by atoms with Crippen LogP contribution in [0.3, 0.4) is 0 Å². The second-order valence-corrected chi connectivity index (χ2v) is 13.5. The number of nitrogens with one attached hydrogen (secondary N) is 2. The standard InChI is InChI=1S/C37H40Br2N2O4/c1-24(2)17-19-44-34-15-9-28(22-32(34)38)36(42)40-30-11-5-26(6-12-30)21-27-7-13-31(14-8-27)41-37(43)29-10-16-35(33(39)23-29)45-20-18-25(3)4/h5-16,22-25H,17-21H2,1-4H3,(H,40,42)(H,41,43). The molecular weight excluding hydrogens is 696 g/mol. The minimum atomic E-state index is -0.187. The van der Waals surface area contributed by atoms with Crippen LogP contribution in [-0.4, -0.2) is 25.0 Å². The van der Waals surface area contributed by atoms with Crippen LogP contribution >= 0.6 is 31.9 Å². The van der Waals surface area contributed by atoms with Gasteiger partial charge < -0.3 is 20.1 Å². The van der Waals surface area contributed by atoms with Gasteiger partial charge in [0.15, 0.2) is 0 Å². The van der Waals surface area contributed by atoms with Crippen molar-refractivity contribution in [2.75, 3.05) is 23.8 Å². The first-order chi connectivity index (χ1) is 21.6. The number of hydrogen-bond acceptors (Lipinski definition) is 4. The van der Waals surface area contributed by atoms with E-state index in [4.69, 9.17) is 9.47 Å². The smallest absolute Gasteiger partial charge is 0.255 e. The molecule has 4 aromatic rings. The highest BCUT2D eigenvalue weighted by molar-refractivity contribution is 9.10. The fourth-order valence-corrected chi connectivity index (χ4v) is 5.37. The number of benzene rings is 4. The largest absolute Gasteiger partial charge is 0.492 e. The van der Waals surface area contributed by atoms with Crippen LogP contribution in [0.4, 0.5) is 11.4 Å². The lowest BCUT2D eigenvalue weighted by molar-refractivity contribution is 0.101. The Morgan fingerprint density at radius 3 is 1.31 bits per heavy atom. The van der Waals surface area contributed by atoms with E-state index in [2.05, 4.69) is 70.2 Å². The molecule has 0 aliphatic rings. The van der Waals surface area contributed by atoms with E-state index in [-0.39, 0.29) is 11.8 Å². The van der Waals surface area contributed by atoms with Crippen LogP contribution in [0.2, 0.25) is 0 Å². The number of carbonyl (C=O) groups is 2. The molecule has 6 nitrogen and oxygen atoms in total. The molecule has 4 rings (SSSR count). The summed E-state index contributed by atoms with van der Waals surface area (Å²) in [5.74, 6) is 2.22. The molecule has 8 heteroatoms. The fourth-order valence-electron chi connectivity index (χ4n) is 4.38. The van der Waals surface area contributed by atoms with Crippen molar-refractivity contribution in [3.8, 4) is 11.5 Å². The SMILES string of the molecule is CC(C)CCOc1ccc(C(=O)Nc2ccc(Cc3ccc(NC(=O)c4ccc(OCCC(C)C)c(Br)c4)cc3)cc2)cc1Br. The number of amides is 2. The topological polar surface area (TPSA) is 76.7 Å². The summed E-state index contributed by atoms with van der Waals surface area (Å²) in [6.45, 7) is 9.91. The average molecular weight is 737 g/mol. The summed E-state index contributed by atoms with van der Waals surface area (Å²) in [5.41, 5.74) is 4.75. The normalized spacial score (nSPS) is 11.0. The Morgan fingerprint density at radius 2 is 0.978 bits per heavy atom. The maximum Gasteiger partial charge on any atom is 0.255 e. The van der Waals surface area contributed by atoms with E-state index >= 15 is 0 Å². The molecule has 0 unspecified atom stereocenters. The number of ether oxygens (including phenoxy) is 2. The Hall–Kier alpha value is -3.62. The van der Waals surface area contributed by atoms with Gasteiger partial charge in [0, 0.05) is 22.5 Å². The third kappa shape index (κ3) is 10.8. The Kier molecular flexibility index (Phi) is 12.7. The van der Waals surface area contributed by atoms with Crippen molar-refractivity contribution in [1.29, 1.82) is 0 Å². The zero-order valence-corrected chi connectivity index (χ0v) is 29.3. The Labute approximate surface area is 283 Å². The number of carbonyl (C=O) groups excluding carboxylic acids is 2. The Morgan fingerprint density at radius 1 is 0.600 bits per heavy atom. The lowest BCUT2D eigenvalue weighted by Gasteiger charge is -2.12. The molecule has 0 fully saturated rings. The molecule has 2 amide bonds. The third-order valence-corrected chi connectivity index (χ3v) is 8.36. The molecule has 2 N–H and O–H groups in total. The first kappa shape index (κ1) is 34.3. The minimum Gasteiger partial charge on any atom is -0.492 e. The van der Waals surface area contributed by atoms with Crippen LogP contribution in [0.15, 0.2) is 93.9 Å². The zero-order chi connectivity index (χ0) is 32.3. The molecule has 0 aliphatic carbocycles. The molecule has 0 radical (unpaired) electrons. The van der Waals surface area contributed by atoms with E-state index in [1.165, 1.54) is 0 Å². The van der Waals surface area contributed by atoms with Gasteiger partial charge in [-0.2, -0.15) is 0 Å². The maximum absolute atomic E-state index is 12.8. The van der Waals surface area contributed by atoms with Crippen molar-refractivity contribution in [3.63, 3.8) is 0 Å². The van der Waals surface area contributed by atoms with E-state index in [0.717, 1.165) is 62.2 Å². The zero-order valence-electron chi connectivity index (χ0n) is 26.2. The van der Waals surface area contributed by atoms with Gasteiger partial charge in [-0.1, -0.05) is 52.0 Å². The summed E-state index contributed by atoms with van der Waals surface area (Å²) in [7, 11) is 0. The second-order valence-electron chi connectivity index (χ2n) is 11.8. The number of hydrogen-bond donors (Lipinski definition) is 2. The fraction of sp³-hybridized carbons (Fsp3) is 0.297. The summed E-state index contributed by atoms with van der Waals surface area (Å²) >= 11 is 7.04. The summed E-state index contributed by atoms with van der Waals surface area (Å²) in [6.07, 6.45) is 2.66. The molecule has 0 spiro atoms. The van der Waals surface area contributed by atoms with Gasteiger partial charge in [-0.3, -0.25) is 9.59 Å². The summed E-state index contributed by atoms with van der Waals surface area (Å²) < 4.78 is 13.2. The van der Waals surface area contributed by atoms with E-state index in [1.807, 2.05) is 60.7 Å². The summed E-state index contributed by atoms with van der Waals surface area (Å²) in [6, 6.07) is 26.3. The van der Waals surface area contributed by atoms with E-state index in [1.54, 1.807) is 24.3 Å². The summed E-state index contributed by atoms with van der Waals surface area (Å²) in [5, 5.41) is 5.92. The molecule has 0 bridgehead atoms. The van der Waals surface area contributed by atoms with Gasteiger partial charge in [-0.25, -0.2) is 0 Å². The average Bonchev–Trinajstić information content (AvgIpc) is 3.00. The number of halogens is 2. The molecule has 236 valence electrons. The van der Waals surface area contributed by atoms with Gasteiger partial charge in [-0.05, 0) is 135 Å². The first-order valence-electron chi connectivity index (χ1n) is 15.2. The highest BCUT2D eigenvalue weighted by atomic mass is 79.9. The van der Waals surface area contributed by atoms with Crippen molar-refractivity contribution in [1.82, 2.24) is 0 Å². The minimum absolute atomic E-state index is 0.187. The van der Waals surface area contributed by atoms with Gasteiger partial charge >= 0.3 is 0 Å². The molecule has 0 saturated carbocycles. The van der Waals surface area contributed by atoms with E-state index in [9.17, 15) is 9.59 Å². The quantitative estimate of drug-likeness (QED) is 0.135. The van der Waals surface area contributed by atoms with Crippen molar-refractivity contribution in [2.24, 2.45) is 11.8 Å². The molecule has 0 atom stereocenters. The summed E-state index contributed by atoms with van der Waals surface area (Å²) in [4.78, 5) is 25.7. The number of rotatable bonds is 14. The molecule has 0 aliphatic heterocycles. The lowest BCUT2D eigenvalue weighted by Crippen LogP contribution is -2.12. The maximum atomic E-state index is 12.8. The molecule has 4 aromatic carbocycles. The van der Waals surface area contributed by atoms with Crippen molar-refractivity contribution in [3.05, 3.63) is 116 Å². The van der Waals surface area contributed by atoms with Crippen molar-refractivity contribution >= 4 is 55.0 Å². The molecular formula is C37H40Br2N2O4. The van der Waals surface area contributed by atoms with E-state index < -0.39 is 0 Å².